The molecule has 2 aromatic carbocycles. The van der Waals surface area contributed by atoms with Crippen molar-refractivity contribution in [2.24, 2.45) is 0 Å². The van der Waals surface area contributed by atoms with Crippen molar-refractivity contribution in [3.05, 3.63) is 70.1 Å². The maximum Gasteiger partial charge on any atom is 0.339 e. The van der Waals surface area contributed by atoms with E-state index in [-0.39, 0.29) is 17.7 Å². The summed E-state index contributed by atoms with van der Waals surface area (Å²) in [6.07, 6.45) is 0. The zero-order valence-electron chi connectivity index (χ0n) is 14.4. The molecule has 3 aromatic rings. The summed E-state index contributed by atoms with van der Waals surface area (Å²) in [5.41, 5.74) is 0.860. The van der Waals surface area contributed by atoms with Crippen LogP contribution in [-0.4, -0.2) is 28.8 Å². The second-order valence-corrected chi connectivity index (χ2v) is 5.68. The molecule has 132 valence electrons. The van der Waals surface area contributed by atoms with E-state index >= 15 is 0 Å². The van der Waals surface area contributed by atoms with Crippen LogP contribution in [0, 0.1) is 6.92 Å². The monoisotopic (exact) mass is 351 g/mol. The van der Waals surface area contributed by atoms with Gasteiger partial charge in [0.15, 0.2) is 0 Å². The molecule has 26 heavy (non-hydrogen) atoms. The Kier molecular flexibility index (Phi) is 4.79. The van der Waals surface area contributed by atoms with Gasteiger partial charge in [0.1, 0.15) is 6.54 Å². The Bertz CT molecular complexity index is 1060. The van der Waals surface area contributed by atoms with Gasteiger partial charge in [0.25, 0.3) is 5.56 Å². The van der Waals surface area contributed by atoms with E-state index < -0.39 is 11.9 Å². The number of carbonyl (C=O) groups excluding carboxylic acids is 2. The number of amides is 1. The van der Waals surface area contributed by atoms with Crippen molar-refractivity contribution in [3.8, 4) is 0 Å². The molecular weight excluding hydrogens is 334 g/mol. The molecule has 3 rings (SSSR count). The maximum atomic E-state index is 12.5. The molecular formula is C19H17N3O4. The number of fused-ring (bicyclic) bond motifs is 1. The van der Waals surface area contributed by atoms with Crippen molar-refractivity contribution in [3.63, 3.8) is 0 Å². The lowest BCUT2D eigenvalue weighted by molar-refractivity contribution is -0.117. The Labute approximate surface area is 149 Å². The van der Waals surface area contributed by atoms with E-state index in [9.17, 15) is 14.4 Å². The summed E-state index contributed by atoms with van der Waals surface area (Å²) in [4.78, 5) is 36.7. The molecule has 1 N–H and O–H groups in total. The summed E-state index contributed by atoms with van der Waals surface area (Å²) in [5.74, 6) is -1.02. The van der Waals surface area contributed by atoms with Gasteiger partial charge in [0.2, 0.25) is 5.91 Å². The molecule has 0 atom stereocenters. The highest BCUT2D eigenvalue weighted by molar-refractivity contribution is 6.01. The molecule has 0 aliphatic heterocycles. The average molecular weight is 351 g/mol. The Morgan fingerprint density at radius 2 is 1.73 bits per heavy atom. The molecule has 0 unspecified atom stereocenters. The zero-order chi connectivity index (χ0) is 18.7. The molecule has 7 nitrogen and oxygen atoms in total. The summed E-state index contributed by atoms with van der Waals surface area (Å²) in [7, 11) is 1.27. The van der Waals surface area contributed by atoms with Crippen LogP contribution in [0.4, 0.5) is 5.69 Å². The van der Waals surface area contributed by atoms with E-state index in [1.54, 1.807) is 43.3 Å². The predicted molar refractivity (Wildman–Crippen MR) is 97.2 cm³/mol. The summed E-state index contributed by atoms with van der Waals surface area (Å²) in [5, 5.41) is 8.09. The first kappa shape index (κ1) is 17.3. The quantitative estimate of drug-likeness (QED) is 0.727. The molecule has 1 heterocycles. The van der Waals surface area contributed by atoms with Crippen molar-refractivity contribution in [2.45, 2.75) is 13.5 Å². The fraction of sp³-hybridized carbons (Fsp3) is 0.158. The van der Waals surface area contributed by atoms with E-state index in [0.717, 1.165) is 10.1 Å². The number of hydrogen-bond donors (Lipinski definition) is 1. The summed E-state index contributed by atoms with van der Waals surface area (Å²) in [6.45, 7) is 1.52. The van der Waals surface area contributed by atoms with Crippen LogP contribution in [0.2, 0.25) is 0 Å². The normalized spacial score (nSPS) is 10.5. The number of esters is 1. The second kappa shape index (κ2) is 7.18. The Balaban J connectivity index is 1.88. The first-order valence-corrected chi connectivity index (χ1v) is 7.95. The molecule has 0 saturated heterocycles. The summed E-state index contributed by atoms with van der Waals surface area (Å²) in [6, 6.07) is 13.6. The van der Waals surface area contributed by atoms with Crippen LogP contribution in [0.5, 0.6) is 0 Å². The second-order valence-electron chi connectivity index (χ2n) is 5.68. The van der Waals surface area contributed by atoms with Gasteiger partial charge in [-0.3, -0.25) is 9.59 Å². The maximum absolute atomic E-state index is 12.5. The molecule has 1 amide bonds. The van der Waals surface area contributed by atoms with Gasteiger partial charge in [-0.2, -0.15) is 5.10 Å². The third kappa shape index (κ3) is 3.32. The Hall–Kier alpha value is -3.48. The number of carbonyl (C=O) groups is 2. The first-order chi connectivity index (χ1) is 12.5. The number of methoxy groups -OCH3 is 1. The molecule has 0 spiro atoms. The Morgan fingerprint density at radius 3 is 2.46 bits per heavy atom. The van der Waals surface area contributed by atoms with Crippen LogP contribution < -0.4 is 10.9 Å². The number of rotatable bonds is 4. The number of aryl methyl sites for hydroxylation is 1. The van der Waals surface area contributed by atoms with Gasteiger partial charge in [-0.05, 0) is 25.1 Å². The van der Waals surface area contributed by atoms with E-state index in [0.29, 0.717) is 16.8 Å². The van der Waals surface area contributed by atoms with E-state index in [4.69, 9.17) is 4.74 Å². The van der Waals surface area contributed by atoms with Gasteiger partial charge in [0, 0.05) is 5.39 Å². The van der Waals surface area contributed by atoms with Crippen molar-refractivity contribution in [1.82, 2.24) is 9.78 Å². The minimum Gasteiger partial charge on any atom is -0.465 e. The number of nitrogens with zero attached hydrogens (tertiary/aromatic N) is 2. The summed E-state index contributed by atoms with van der Waals surface area (Å²) >= 11 is 0. The van der Waals surface area contributed by atoms with Crippen molar-refractivity contribution >= 4 is 28.3 Å². The van der Waals surface area contributed by atoms with Crippen LogP contribution in [0.25, 0.3) is 10.8 Å². The highest BCUT2D eigenvalue weighted by Crippen LogP contribution is 2.16. The lowest BCUT2D eigenvalue weighted by atomic mass is 10.1. The molecule has 0 radical (unpaired) electrons. The highest BCUT2D eigenvalue weighted by Gasteiger charge is 2.15. The van der Waals surface area contributed by atoms with E-state index in [1.807, 2.05) is 12.1 Å². The molecule has 0 fully saturated rings. The minimum absolute atomic E-state index is 0.235. The summed E-state index contributed by atoms with van der Waals surface area (Å²) < 4.78 is 5.82. The molecule has 0 bridgehead atoms. The van der Waals surface area contributed by atoms with E-state index in [1.165, 1.54) is 7.11 Å². The number of para-hydroxylation sites is 1. The topological polar surface area (TPSA) is 90.3 Å². The Morgan fingerprint density at radius 1 is 1.08 bits per heavy atom. The number of aromatic nitrogens is 2. The van der Waals surface area contributed by atoms with Crippen LogP contribution in [-0.2, 0) is 16.1 Å². The number of ether oxygens (including phenoxy) is 1. The van der Waals surface area contributed by atoms with Crippen molar-refractivity contribution < 1.29 is 14.3 Å². The zero-order valence-corrected chi connectivity index (χ0v) is 14.4. The van der Waals surface area contributed by atoms with Gasteiger partial charge < -0.3 is 10.1 Å². The number of nitrogens with one attached hydrogen (secondary N) is 1. The van der Waals surface area contributed by atoms with Gasteiger partial charge in [-0.1, -0.05) is 30.3 Å². The fourth-order valence-corrected chi connectivity index (χ4v) is 2.72. The SMILES string of the molecule is COC(=O)c1ccccc1NC(=O)Cn1nc(C)c2ccccc2c1=O. The standard InChI is InChI=1S/C19H17N3O4/c1-12-13-7-3-4-8-14(13)18(24)22(21-12)11-17(23)20-16-10-6-5-9-15(16)19(25)26-2/h3-10H,11H2,1-2H3,(H,20,23). The van der Waals surface area contributed by atoms with Gasteiger partial charge >= 0.3 is 5.97 Å². The molecule has 0 aliphatic carbocycles. The minimum atomic E-state index is -0.558. The molecule has 7 heteroatoms. The van der Waals surface area contributed by atoms with Gasteiger partial charge in [-0.15, -0.1) is 0 Å². The predicted octanol–water partition coefficient (Wildman–Crippen LogP) is 2.13. The lowest BCUT2D eigenvalue weighted by Crippen LogP contribution is -2.30. The molecule has 0 saturated carbocycles. The smallest absolute Gasteiger partial charge is 0.339 e. The lowest BCUT2D eigenvalue weighted by Gasteiger charge is -2.11. The van der Waals surface area contributed by atoms with E-state index in [2.05, 4.69) is 10.4 Å². The average Bonchev–Trinajstić information content (AvgIpc) is 2.65. The molecule has 0 aliphatic rings. The van der Waals surface area contributed by atoms with Crippen molar-refractivity contribution in [1.29, 1.82) is 0 Å². The van der Waals surface area contributed by atoms with Crippen LogP contribution in [0.15, 0.2) is 53.3 Å². The van der Waals surface area contributed by atoms with Gasteiger partial charge in [-0.25, -0.2) is 9.48 Å². The van der Waals surface area contributed by atoms with Crippen LogP contribution >= 0.6 is 0 Å². The van der Waals surface area contributed by atoms with Gasteiger partial charge in [0.05, 0.1) is 29.4 Å². The van der Waals surface area contributed by atoms with Crippen LogP contribution in [0.1, 0.15) is 16.1 Å². The fourth-order valence-electron chi connectivity index (χ4n) is 2.72. The number of anilines is 1. The first-order valence-electron chi connectivity index (χ1n) is 7.95. The van der Waals surface area contributed by atoms with Crippen molar-refractivity contribution in [2.75, 3.05) is 12.4 Å². The highest BCUT2D eigenvalue weighted by atomic mass is 16.5. The molecule has 1 aromatic heterocycles. The third-order valence-electron chi connectivity index (χ3n) is 3.95. The van der Waals surface area contributed by atoms with Crippen LogP contribution in [0.3, 0.4) is 0 Å². The number of hydrogen-bond acceptors (Lipinski definition) is 5. The largest absolute Gasteiger partial charge is 0.465 e. The third-order valence-corrected chi connectivity index (χ3v) is 3.95. The number of benzene rings is 2.